The Hall–Kier alpha value is 0.660. The molecule has 0 aromatic heterocycles. The zero-order chi connectivity index (χ0) is 4.12. The van der Waals surface area contributed by atoms with Gasteiger partial charge in [-0.2, -0.15) is 0 Å². The summed E-state index contributed by atoms with van der Waals surface area (Å²) >= 11 is 0. The van der Waals surface area contributed by atoms with E-state index in [0.717, 1.165) is 0 Å². The molecule has 0 fully saturated rings. The third-order valence-corrected chi connectivity index (χ3v) is 0.316. The Labute approximate surface area is 52.7 Å². The van der Waals surface area contributed by atoms with Crippen LogP contribution in [0.15, 0.2) is 0 Å². The fourth-order valence-electron chi connectivity index (χ4n) is 0.0707. The van der Waals surface area contributed by atoms with Crippen molar-refractivity contribution in [1.82, 2.24) is 0 Å². The van der Waals surface area contributed by atoms with Crippen molar-refractivity contribution in [2.75, 3.05) is 13.2 Å². The van der Waals surface area contributed by atoms with Gasteiger partial charge in [-0.3, -0.25) is 0 Å². The molecule has 0 bridgehead atoms. The molecule has 0 aromatic rings. The molecule has 0 amide bonds. The summed E-state index contributed by atoms with van der Waals surface area (Å²) < 4.78 is 0. The summed E-state index contributed by atoms with van der Waals surface area (Å²) in [5.41, 5.74) is 0. The Morgan fingerprint density at radius 3 is 1.33 bits per heavy atom. The second-order valence-corrected chi connectivity index (χ2v) is 0.801. The molecule has 0 unspecified atom stereocenters. The Balaban J connectivity index is 0. The summed E-state index contributed by atoms with van der Waals surface area (Å²) in [6, 6.07) is 0. The maximum absolute atomic E-state index is 7.91. The molecule has 0 rings (SSSR count). The Morgan fingerprint density at radius 2 is 1.33 bits per heavy atom. The first-order valence-corrected chi connectivity index (χ1v) is 1.63. The SMILES string of the molecule is OCCCO.[Au]. The van der Waals surface area contributed by atoms with Crippen molar-refractivity contribution < 1.29 is 32.6 Å². The first-order valence-electron chi connectivity index (χ1n) is 1.63. The number of aliphatic hydroxyl groups is 2. The molecule has 0 aliphatic carbocycles. The largest absolute Gasteiger partial charge is 0.396 e. The van der Waals surface area contributed by atoms with Crippen molar-refractivity contribution in [3.63, 3.8) is 0 Å². The fourth-order valence-corrected chi connectivity index (χ4v) is 0.0707. The van der Waals surface area contributed by atoms with Crippen LogP contribution in [0.3, 0.4) is 0 Å². The normalized spacial score (nSPS) is 7.00. The smallest absolute Gasteiger partial charge is 0.0452 e. The molecule has 0 saturated carbocycles. The summed E-state index contributed by atoms with van der Waals surface area (Å²) in [4.78, 5) is 0. The van der Waals surface area contributed by atoms with E-state index in [0.29, 0.717) is 6.42 Å². The van der Waals surface area contributed by atoms with Crippen molar-refractivity contribution >= 4 is 0 Å². The van der Waals surface area contributed by atoms with Crippen molar-refractivity contribution in [2.45, 2.75) is 6.42 Å². The summed E-state index contributed by atoms with van der Waals surface area (Å²) in [5.74, 6) is 0. The molecular weight excluding hydrogens is 265 g/mol. The summed E-state index contributed by atoms with van der Waals surface area (Å²) in [7, 11) is 0. The summed E-state index contributed by atoms with van der Waals surface area (Å²) in [6.45, 7) is 0.188. The van der Waals surface area contributed by atoms with Gasteiger partial charge in [-0.25, -0.2) is 0 Å². The van der Waals surface area contributed by atoms with Crippen LogP contribution >= 0.6 is 0 Å². The zero-order valence-corrected chi connectivity index (χ0v) is 5.48. The molecule has 1 radical (unpaired) electrons. The Kier molecular flexibility index (Phi) is 15.0. The second-order valence-electron chi connectivity index (χ2n) is 0.801. The Bertz CT molecular complexity index is 16.3. The van der Waals surface area contributed by atoms with E-state index in [1.165, 1.54) is 0 Å². The predicted octanol–water partition coefficient (Wildman–Crippen LogP) is -0.641. The van der Waals surface area contributed by atoms with Gasteiger partial charge in [0.2, 0.25) is 0 Å². The van der Waals surface area contributed by atoms with E-state index in [9.17, 15) is 0 Å². The van der Waals surface area contributed by atoms with Crippen LogP contribution < -0.4 is 0 Å². The monoisotopic (exact) mass is 273 g/mol. The number of hydrogen-bond donors (Lipinski definition) is 2. The molecule has 6 heavy (non-hydrogen) atoms. The van der Waals surface area contributed by atoms with E-state index in [4.69, 9.17) is 10.2 Å². The molecule has 0 heterocycles. The van der Waals surface area contributed by atoms with Gasteiger partial charge in [-0.1, -0.05) is 0 Å². The third kappa shape index (κ3) is 8.82. The van der Waals surface area contributed by atoms with Crippen molar-refractivity contribution in [3.8, 4) is 0 Å². The topological polar surface area (TPSA) is 40.5 Å². The van der Waals surface area contributed by atoms with Gasteiger partial charge < -0.3 is 10.2 Å². The number of aliphatic hydroxyl groups excluding tert-OH is 2. The minimum absolute atomic E-state index is 0. The molecule has 3 heteroatoms. The van der Waals surface area contributed by atoms with Crippen molar-refractivity contribution in [1.29, 1.82) is 0 Å². The van der Waals surface area contributed by atoms with Gasteiger partial charge in [0, 0.05) is 35.6 Å². The van der Waals surface area contributed by atoms with E-state index in [-0.39, 0.29) is 35.6 Å². The van der Waals surface area contributed by atoms with E-state index in [2.05, 4.69) is 0 Å². The van der Waals surface area contributed by atoms with E-state index in [1.54, 1.807) is 0 Å². The minimum Gasteiger partial charge on any atom is -0.396 e. The molecule has 0 aliphatic rings. The average molecular weight is 273 g/mol. The van der Waals surface area contributed by atoms with E-state index in [1.807, 2.05) is 0 Å². The van der Waals surface area contributed by atoms with Gasteiger partial charge in [0.1, 0.15) is 0 Å². The van der Waals surface area contributed by atoms with E-state index >= 15 is 0 Å². The summed E-state index contributed by atoms with van der Waals surface area (Å²) in [5, 5.41) is 15.8. The molecule has 0 spiro atoms. The number of rotatable bonds is 2. The molecule has 0 aromatic carbocycles. The quantitative estimate of drug-likeness (QED) is 0.657. The first-order chi connectivity index (χ1) is 2.41. The zero-order valence-electron chi connectivity index (χ0n) is 3.32. The molecule has 43 valence electrons. The maximum atomic E-state index is 7.91. The standard InChI is InChI=1S/C3H8O2.Au/c4-2-1-3-5;/h4-5H,1-3H2;. The van der Waals surface area contributed by atoms with Crippen LogP contribution in [0.2, 0.25) is 0 Å². The molecule has 0 aliphatic heterocycles. The fraction of sp³-hybridized carbons (Fsp3) is 1.00. The van der Waals surface area contributed by atoms with Crippen LogP contribution in [0.25, 0.3) is 0 Å². The maximum Gasteiger partial charge on any atom is 0.0452 e. The van der Waals surface area contributed by atoms with Crippen molar-refractivity contribution in [2.24, 2.45) is 0 Å². The van der Waals surface area contributed by atoms with Crippen LogP contribution in [-0.4, -0.2) is 23.4 Å². The molecule has 0 atom stereocenters. The number of hydrogen-bond acceptors (Lipinski definition) is 2. The average Bonchev–Trinajstić information content (AvgIpc) is 1.41. The van der Waals surface area contributed by atoms with Crippen LogP contribution in [0.1, 0.15) is 6.42 Å². The van der Waals surface area contributed by atoms with Gasteiger partial charge in [-0.15, -0.1) is 0 Å². The summed E-state index contributed by atoms with van der Waals surface area (Å²) in [6.07, 6.45) is 0.500. The van der Waals surface area contributed by atoms with Crippen LogP contribution in [-0.2, 0) is 22.4 Å². The van der Waals surface area contributed by atoms with Crippen molar-refractivity contribution in [3.05, 3.63) is 0 Å². The first kappa shape index (κ1) is 9.83. The molecule has 2 N–H and O–H groups in total. The van der Waals surface area contributed by atoms with Crippen LogP contribution in [0, 0.1) is 0 Å². The second kappa shape index (κ2) is 9.18. The van der Waals surface area contributed by atoms with Crippen LogP contribution in [0.4, 0.5) is 0 Å². The molecular formula is C3H8AuO2. The van der Waals surface area contributed by atoms with Gasteiger partial charge in [-0.05, 0) is 6.42 Å². The van der Waals surface area contributed by atoms with Gasteiger partial charge in [0.05, 0.1) is 0 Å². The molecule has 0 saturated heterocycles. The third-order valence-electron chi connectivity index (χ3n) is 0.316. The van der Waals surface area contributed by atoms with Gasteiger partial charge in [0.15, 0.2) is 0 Å². The molecule has 2 nitrogen and oxygen atoms in total. The van der Waals surface area contributed by atoms with E-state index < -0.39 is 0 Å². The Morgan fingerprint density at radius 1 is 1.00 bits per heavy atom. The predicted molar refractivity (Wildman–Crippen MR) is 18.8 cm³/mol. The van der Waals surface area contributed by atoms with Gasteiger partial charge in [0.25, 0.3) is 0 Å². The van der Waals surface area contributed by atoms with Crippen LogP contribution in [0.5, 0.6) is 0 Å². The minimum atomic E-state index is 0. The van der Waals surface area contributed by atoms with Gasteiger partial charge >= 0.3 is 0 Å².